The molecule has 2 aromatic carbocycles. The highest BCUT2D eigenvalue weighted by Crippen LogP contribution is 2.30. The molecule has 1 fully saturated rings. The Morgan fingerprint density at radius 2 is 1.79 bits per heavy atom. The Morgan fingerprint density at radius 3 is 2.54 bits per heavy atom. The van der Waals surface area contributed by atoms with E-state index in [0.717, 1.165) is 24.3 Å². The number of carbonyl (C=O) groups excluding carboxylic acids is 2. The molecule has 0 saturated heterocycles. The van der Waals surface area contributed by atoms with E-state index in [2.05, 4.69) is 17.6 Å². The van der Waals surface area contributed by atoms with Gasteiger partial charge in [-0.25, -0.2) is 0 Å². The molecule has 0 aromatic heterocycles. The van der Waals surface area contributed by atoms with Crippen LogP contribution in [0.4, 0.5) is 5.69 Å². The van der Waals surface area contributed by atoms with Crippen molar-refractivity contribution in [3.63, 3.8) is 0 Å². The fourth-order valence-electron chi connectivity index (χ4n) is 3.66. The van der Waals surface area contributed by atoms with Gasteiger partial charge < -0.3 is 15.4 Å². The van der Waals surface area contributed by atoms with Crippen LogP contribution in [0, 0.1) is 5.92 Å². The Morgan fingerprint density at radius 1 is 1.07 bits per heavy atom. The molecule has 1 aliphatic heterocycles. The third-order valence-corrected chi connectivity index (χ3v) is 5.40. The summed E-state index contributed by atoms with van der Waals surface area (Å²) in [7, 11) is 0. The molecular formula is C23H24N2O3. The standard InChI is InChI=1S/C23H24N2O3/c1-15-6-12-18(13-7-15)24-22(26)17-10-8-16(9-11-17)14-21-23(27)25-19-4-2-3-5-20(19)28-21/h2-5,8-11,14-15,18H,6-7,12-13H2,1H3,(H,24,26)(H,25,27)/b21-14-. The van der Waals surface area contributed by atoms with Gasteiger partial charge in [0.25, 0.3) is 11.8 Å². The van der Waals surface area contributed by atoms with Crippen molar-refractivity contribution < 1.29 is 14.3 Å². The van der Waals surface area contributed by atoms with Crippen molar-refractivity contribution in [1.29, 1.82) is 0 Å². The highest BCUT2D eigenvalue weighted by Gasteiger charge is 2.22. The van der Waals surface area contributed by atoms with Gasteiger partial charge in [-0.1, -0.05) is 31.2 Å². The number of nitrogens with one attached hydrogen (secondary N) is 2. The Labute approximate surface area is 164 Å². The van der Waals surface area contributed by atoms with Crippen LogP contribution in [0.5, 0.6) is 5.75 Å². The first-order chi connectivity index (χ1) is 13.6. The molecule has 144 valence electrons. The lowest BCUT2D eigenvalue weighted by molar-refractivity contribution is -0.115. The van der Waals surface area contributed by atoms with Gasteiger partial charge in [-0.3, -0.25) is 9.59 Å². The normalized spacial score (nSPS) is 22.8. The van der Waals surface area contributed by atoms with Crippen molar-refractivity contribution >= 4 is 23.6 Å². The monoisotopic (exact) mass is 376 g/mol. The van der Waals surface area contributed by atoms with E-state index < -0.39 is 0 Å². The Bertz CT molecular complexity index is 910. The number of hydrogen-bond donors (Lipinski definition) is 2. The summed E-state index contributed by atoms with van der Waals surface area (Å²) in [6.07, 6.45) is 6.11. The number of amides is 2. The molecule has 2 amide bonds. The van der Waals surface area contributed by atoms with Gasteiger partial charge in [-0.15, -0.1) is 0 Å². The van der Waals surface area contributed by atoms with E-state index in [9.17, 15) is 9.59 Å². The summed E-state index contributed by atoms with van der Waals surface area (Å²) in [5.74, 6) is 1.27. The molecule has 2 aromatic rings. The molecule has 4 rings (SSSR count). The molecule has 0 bridgehead atoms. The second kappa shape index (κ2) is 7.89. The molecule has 1 saturated carbocycles. The maximum absolute atomic E-state index is 12.5. The first-order valence-corrected chi connectivity index (χ1v) is 9.79. The molecule has 2 aliphatic rings. The van der Waals surface area contributed by atoms with Gasteiger partial charge in [0, 0.05) is 11.6 Å². The lowest BCUT2D eigenvalue weighted by atomic mass is 9.87. The second-order valence-corrected chi connectivity index (χ2v) is 7.61. The lowest BCUT2D eigenvalue weighted by Crippen LogP contribution is -2.37. The summed E-state index contributed by atoms with van der Waals surface area (Å²) in [5.41, 5.74) is 2.08. The van der Waals surface area contributed by atoms with Gasteiger partial charge in [0.05, 0.1) is 5.69 Å². The van der Waals surface area contributed by atoms with Crippen LogP contribution < -0.4 is 15.4 Å². The van der Waals surface area contributed by atoms with Crippen molar-refractivity contribution in [3.8, 4) is 5.75 Å². The van der Waals surface area contributed by atoms with E-state index in [1.807, 2.05) is 30.3 Å². The Kier molecular flexibility index (Phi) is 5.15. The predicted molar refractivity (Wildman–Crippen MR) is 109 cm³/mol. The first-order valence-electron chi connectivity index (χ1n) is 9.79. The minimum Gasteiger partial charge on any atom is -0.449 e. The molecule has 28 heavy (non-hydrogen) atoms. The first kappa shape index (κ1) is 18.3. The van der Waals surface area contributed by atoms with Crippen LogP contribution in [0.3, 0.4) is 0 Å². The molecule has 5 nitrogen and oxygen atoms in total. The average molecular weight is 376 g/mol. The van der Waals surface area contributed by atoms with Crippen LogP contribution in [-0.4, -0.2) is 17.9 Å². The van der Waals surface area contributed by atoms with Crippen LogP contribution >= 0.6 is 0 Å². The van der Waals surface area contributed by atoms with E-state index >= 15 is 0 Å². The van der Waals surface area contributed by atoms with Gasteiger partial charge in [-0.05, 0) is 67.5 Å². The average Bonchev–Trinajstić information content (AvgIpc) is 2.71. The maximum Gasteiger partial charge on any atom is 0.291 e. The Balaban J connectivity index is 1.42. The van der Waals surface area contributed by atoms with Gasteiger partial charge in [-0.2, -0.15) is 0 Å². The quantitative estimate of drug-likeness (QED) is 0.782. The Hall–Kier alpha value is -3.08. The molecule has 0 unspecified atom stereocenters. The molecule has 1 heterocycles. The lowest BCUT2D eigenvalue weighted by Gasteiger charge is -2.26. The summed E-state index contributed by atoms with van der Waals surface area (Å²) in [5, 5.41) is 5.94. The number of benzene rings is 2. The molecule has 0 radical (unpaired) electrons. The summed E-state index contributed by atoms with van der Waals surface area (Å²) in [6, 6.07) is 14.8. The third kappa shape index (κ3) is 4.09. The predicted octanol–water partition coefficient (Wildman–Crippen LogP) is 4.37. The van der Waals surface area contributed by atoms with Crippen LogP contribution in [-0.2, 0) is 4.79 Å². The summed E-state index contributed by atoms with van der Waals surface area (Å²) >= 11 is 0. The van der Waals surface area contributed by atoms with Crippen molar-refractivity contribution in [2.24, 2.45) is 5.92 Å². The fourth-order valence-corrected chi connectivity index (χ4v) is 3.66. The topological polar surface area (TPSA) is 67.4 Å². The number of fused-ring (bicyclic) bond motifs is 1. The van der Waals surface area contributed by atoms with Crippen LogP contribution in [0.25, 0.3) is 6.08 Å². The van der Waals surface area contributed by atoms with Crippen LogP contribution in [0.2, 0.25) is 0 Å². The molecule has 1 aliphatic carbocycles. The van der Waals surface area contributed by atoms with E-state index in [1.54, 1.807) is 24.3 Å². The summed E-state index contributed by atoms with van der Waals surface area (Å²) in [4.78, 5) is 24.7. The third-order valence-electron chi connectivity index (χ3n) is 5.40. The number of rotatable bonds is 3. The fraction of sp³-hybridized carbons (Fsp3) is 0.304. The van der Waals surface area contributed by atoms with Crippen molar-refractivity contribution in [2.45, 2.75) is 38.6 Å². The zero-order chi connectivity index (χ0) is 19.5. The van der Waals surface area contributed by atoms with Crippen molar-refractivity contribution in [2.75, 3.05) is 5.32 Å². The van der Waals surface area contributed by atoms with Gasteiger partial charge >= 0.3 is 0 Å². The number of anilines is 1. The van der Waals surface area contributed by atoms with E-state index in [0.29, 0.717) is 17.0 Å². The molecule has 0 spiro atoms. The summed E-state index contributed by atoms with van der Waals surface area (Å²) in [6.45, 7) is 2.26. The molecule has 5 heteroatoms. The number of hydrogen-bond acceptors (Lipinski definition) is 3. The highest BCUT2D eigenvalue weighted by molar-refractivity contribution is 6.08. The second-order valence-electron chi connectivity index (χ2n) is 7.61. The van der Waals surface area contributed by atoms with E-state index in [-0.39, 0.29) is 23.6 Å². The van der Waals surface area contributed by atoms with Crippen LogP contribution in [0.1, 0.15) is 48.5 Å². The number of para-hydroxylation sites is 2. The maximum atomic E-state index is 12.5. The number of ether oxygens (including phenoxy) is 1. The summed E-state index contributed by atoms with van der Waals surface area (Å²) < 4.78 is 5.70. The van der Waals surface area contributed by atoms with Gasteiger partial charge in [0.15, 0.2) is 11.5 Å². The smallest absolute Gasteiger partial charge is 0.291 e. The minimum absolute atomic E-state index is 0.0423. The van der Waals surface area contributed by atoms with Crippen molar-refractivity contribution in [1.82, 2.24) is 5.32 Å². The van der Waals surface area contributed by atoms with E-state index in [4.69, 9.17) is 4.74 Å². The van der Waals surface area contributed by atoms with Gasteiger partial charge in [0.1, 0.15) is 0 Å². The zero-order valence-corrected chi connectivity index (χ0v) is 15.9. The zero-order valence-electron chi connectivity index (χ0n) is 15.9. The van der Waals surface area contributed by atoms with Crippen LogP contribution in [0.15, 0.2) is 54.3 Å². The minimum atomic E-state index is -0.285. The molecule has 0 atom stereocenters. The van der Waals surface area contributed by atoms with Gasteiger partial charge in [0.2, 0.25) is 0 Å². The molecular weight excluding hydrogens is 352 g/mol. The van der Waals surface area contributed by atoms with E-state index in [1.165, 1.54) is 12.8 Å². The SMILES string of the molecule is CC1CCC(NC(=O)c2ccc(/C=C3\Oc4ccccc4NC3=O)cc2)CC1. The highest BCUT2D eigenvalue weighted by atomic mass is 16.5. The van der Waals surface area contributed by atoms with Crippen molar-refractivity contribution in [3.05, 3.63) is 65.4 Å². The molecule has 2 N–H and O–H groups in total. The largest absolute Gasteiger partial charge is 0.449 e. The number of carbonyl (C=O) groups is 2.